The van der Waals surface area contributed by atoms with Crippen molar-refractivity contribution in [3.8, 4) is 5.75 Å². The third-order valence-corrected chi connectivity index (χ3v) is 4.92. The second-order valence-corrected chi connectivity index (χ2v) is 6.73. The van der Waals surface area contributed by atoms with Crippen molar-refractivity contribution in [1.29, 1.82) is 0 Å². The first-order valence-electron chi connectivity index (χ1n) is 9.57. The molecule has 0 bridgehead atoms. The molecule has 3 rings (SSSR count). The molecule has 7 nitrogen and oxygen atoms in total. The van der Waals surface area contributed by atoms with Crippen LogP contribution in [0.3, 0.4) is 0 Å². The van der Waals surface area contributed by atoms with E-state index in [-0.39, 0.29) is 6.61 Å². The highest BCUT2D eigenvalue weighted by atomic mass is 16.5. The molecule has 2 N–H and O–H groups in total. The fourth-order valence-electron chi connectivity index (χ4n) is 3.52. The van der Waals surface area contributed by atoms with Crippen LogP contribution in [0.2, 0.25) is 0 Å². The Balaban J connectivity index is 1.87. The van der Waals surface area contributed by atoms with Gasteiger partial charge in [0.05, 0.1) is 25.9 Å². The largest absolute Gasteiger partial charge is 0.488 e. The standard InChI is InChI=1S/C22H25NO6/c1-3-28-22(26)23-17-11-9-15-16(20(17)24)10-12-18(19(15)21(25)27-2)29-13-14-7-5-4-6-8-14/h4-8,10,12,17,20,24H,3,9,11,13H2,1-2H3,(H,23,26)/t17-,20-/m1/s1. The summed E-state index contributed by atoms with van der Waals surface area (Å²) in [5, 5.41) is 13.4. The number of hydrogen-bond acceptors (Lipinski definition) is 6. The summed E-state index contributed by atoms with van der Waals surface area (Å²) in [5.74, 6) is -0.114. The number of aliphatic hydroxyl groups is 1. The first-order valence-corrected chi connectivity index (χ1v) is 9.57. The highest BCUT2D eigenvalue weighted by molar-refractivity contribution is 5.94. The molecule has 154 valence electrons. The van der Waals surface area contributed by atoms with Gasteiger partial charge in [-0.15, -0.1) is 0 Å². The molecule has 1 aliphatic carbocycles. The molecule has 29 heavy (non-hydrogen) atoms. The zero-order chi connectivity index (χ0) is 20.8. The third kappa shape index (κ3) is 4.68. The number of aliphatic hydroxyl groups excluding tert-OH is 1. The Hall–Kier alpha value is -3.06. The number of amides is 1. The van der Waals surface area contributed by atoms with Gasteiger partial charge in [-0.2, -0.15) is 0 Å². The molecular formula is C22H25NO6. The lowest BCUT2D eigenvalue weighted by molar-refractivity contribution is 0.0590. The van der Waals surface area contributed by atoms with Gasteiger partial charge in [-0.3, -0.25) is 0 Å². The molecule has 0 radical (unpaired) electrons. The van der Waals surface area contributed by atoms with Gasteiger partial charge in [-0.25, -0.2) is 9.59 Å². The van der Waals surface area contributed by atoms with Gasteiger partial charge >= 0.3 is 12.1 Å². The van der Waals surface area contributed by atoms with E-state index in [1.54, 1.807) is 19.1 Å². The molecule has 2 atom stereocenters. The van der Waals surface area contributed by atoms with Crippen LogP contribution in [0, 0.1) is 0 Å². The topological polar surface area (TPSA) is 94.1 Å². The average molecular weight is 399 g/mol. The van der Waals surface area contributed by atoms with Crippen molar-refractivity contribution < 1.29 is 28.9 Å². The van der Waals surface area contributed by atoms with Gasteiger partial charge in [0.1, 0.15) is 17.9 Å². The van der Waals surface area contributed by atoms with Crippen LogP contribution < -0.4 is 10.1 Å². The molecule has 2 aromatic rings. The summed E-state index contributed by atoms with van der Waals surface area (Å²) in [6.07, 6.45) is -0.596. The number of nitrogens with one attached hydrogen (secondary N) is 1. The zero-order valence-corrected chi connectivity index (χ0v) is 16.5. The van der Waals surface area contributed by atoms with E-state index in [2.05, 4.69) is 5.32 Å². The molecule has 0 saturated heterocycles. The predicted molar refractivity (Wildman–Crippen MR) is 106 cm³/mol. The van der Waals surface area contributed by atoms with Gasteiger partial charge in [0.2, 0.25) is 0 Å². The Kier molecular flexibility index (Phi) is 6.72. The average Bonchev–Trinajstić information content (AvgIpc) is 2.74. The van der Waals surface area contributed by atoms with Gasteiger partial charge in [0.15, 0.2) is 0 Å². The minimum atomic E-state index is -0.963. The molecule has 0 fully saturated rings. The Labute approximate surface area is 169 Å². The van der Waals surface area contributed by atoms with Gasteiger partial charge in [-0.1, -0.05) is 36.4 Å². The van der Waals surface area contributed by atoms with E-state index < -0.39 is 24.2 Å². The van der Waals surface area contributed by atoms with Crippen molar-refractivity contribution in [2.24, 2.45) is 0 Å². The van der Waals surface area contributed by atoms with Crippen LogP contribution in [-0.4, -0.2) is 36.9 Å². The Bertz CT molecular complexity index is 867. The number of carbonyl (C=O) groups excluding carboxylic acids is 2. The number of hydrogen-bond donors (Lipinski definition) is 2. The summed E-state index contributed by atoms with van der Waals surface area (Å²) < 4.78 is 15.8. The van der Waals surface area contributed by atoms with E-state index in [9.17, 15) is 14.7 Å². The maximum Gasteiger partial charge on any atom is 0.407 e. The van der Waals surface area contributed by atoms with Crippen molar-refractivity contribution in [1.82, 2.24) is 5.32 Å². The van der Waals surface area contributed by atoms with Crippen LogP contribution in [0.15, 0.2) is 42.5 Å². The molecule has 0 spiro atoms. The molecule has 7 heteroatoms. The first kappa shape index (κ1) is 20.7. The van der Waals surface area contributed by atoms with E-state index >= 15 is 0 Å². The van der Waals surface area contributed by atoms with Gasteiger partial charge in [0, 0.05) is 0 Å². The van der Waals surface area contributed by atoms with Crippen LogP contribution in [0.25, 0.3) is 0 Å². The highest BCUT2D eigenvalue weighted by Gasteiger charge is 2.33. The van der Waals surface area contributed by atoms with Crippen molar-refractivity contribution in [3.63, 3.8) is 0 Å². The molecule has 0 aliphatic heterocycles. The van der Waals surface area contributed by atoms with Crippen LogP contribution in [0.4, 0.5) is 4.79 Å². The van der Waals surface area contributed by atoms with E-state index in [0.29, 0.717) is 41.9 Å². The van der Waals surface area contributed by atoms with E-state index in [1.807, 2.05) is 30.3 Å². The summed E-state index contributed by atoms with van der Waals surface area (Å²) >= 11 is 0. The maximum absolute atomic E-state index is 12.5. The molecule has 0 heterocycles. The molecule has 1 amide bonds. The Morgan fingerprint density at radius 1 is 1.17 bits per heavy atom. The van der Waals surface area contributed by atoms with Crippen molar-refractivity contribution in [2.45, 2.75) is 38.5 Å². The fraction of sp³-hybridized carbons (Fsp3) is 0.364. The minimum absolute atomic E-state index is 0.250. The lowest BCUT2D eigenvalue weighted by atomic mass is 9.83. The number of fused-ring (bicyclic) bond motifs is 1. The van der Waals surface area contributed by atoms with Crippen LogP contribution >= 0.6 is 0 Å². The predicted octanol–water partition coefficient (Wildman–Crippen LogP) is 3.15. The minimum Gasteiger partial charge on any atom is -0.488 e. The summed E-state index contributed by atoms with van der Waals surface area (Å²) in [6.45, 7) is 2.27. The fourth-order valence-corrected chi connectivity index (χ4v) is 3.52. The highest BCUT2D eigenvalue weighted by Crippen LogP contribution is 2.37. The number of carbonyl (C=O) groups is 2. The SMILES string of the molecule is CCOC(=O)N[C@@H]1CCc2c(ccc(OCc3ccccc3)c2C(=O)OC)[C@H]1O. The summed E-state index contributed by atoms with van der Waals surface area (Å²) in [4.78, 5) is 24.2. The molecule has 1 aliphatic rings. The lowest BCUT2D eigenvalue weighted by Gasteiger charge is -2.31. The first-order chi connectivity index (χ1) is 14.0. The molecule has 2 aromatic carbocycles. The molecule has 0 aromatic heterocycles. The second-order valence-electron chi connectivity index (χ2n) is 6.73. The number of benzene rings is 2. The van der Waals surface area contributed by atoms with Gasteiger partial charge in [0.25, 0.3) is 0 Å². The van der Waals surface area contributed by atoms with Crippen LogP contribution in [0.1, 0.15) is 46.5 Å². The Morgan fingerprint density at radius 3 is 2.62 bits per heavy atom. The van der Waals surface area contributed by atoms with E-state index in [0.717, 1.165) is 5.56 Å². The number of methoxy groups -OCH3 is 1. The number of esters is 1. The van der Waals surface area contributed by atoms with Crippen molar-refractivity contribution >= 4 is 12.1 Å². The molecule has 0 saturated carbocycles. The van der Waals surface area contributed by atoms with Crippen LogP contribution in [0.5, 0.6) is 5.75 Å². The molecule has 0 unspecified atom stereocenters. The monoisotopic (exact) mass is 399 g/mol. The third-order valence-electron chi connectivity index (χ3n) is 4.92. The number of ether oxygens (including phenoxy) is 3. The maximum atomic E-state index is 12.5. The van der Waals surface area contributed by atoms with E-state index in [4.69, 9.17) is 14.2 Å². The smallest absolute Gasteiger partial charge is 0.407 e. The number of rotatable bonds is 6. The summed E-state index contributed by atoms with van der Waals surface area (Å²) in [7, 11) is 1.31. The zero-order valence-electron chi connectivity index (χ0n) is 16.5. The quantitative estimate of drug-likeness (QED) is 0.725. The normalized spacial score (nSPS) is 17.8. The summed E-state index contributed by atoms with van der Waals surface area (Å²) in [5.41, 5.74) is 2.54. The Morgan fingerprint density at radius 2 is 1.93 bits per heavy atom. The van der Waals surface area contributed by atoms with Crippen molar-refractivity contribution in [2.75, 3.05) is 13.7 Å². The van der Waals surface area contributed by atoms with Gasteiger partial charge < -0.3 is 24.6 Å². The van der Waals surface area contributed by atoms with E-state index in [1.165, 1.54) is 7.11 Å². The van der Waals surface area contributed by atoms with Crippen molar-refractivity contribution in [3.05, 3.63) is 64.7 Å². The lowest BCUT2D eigenvalue weighted by Crippen LogP contribution is -2.42. The van der Waals surface area contributed by atoms with Gasteiger partial charge in [-0.05, 0) is 42.5 Å². The van der Waals surface area contributed by atoms with Crippen LogP contribution in [-0.2, 0) is 22.5 Å². The second kappa shape index (κ2) is 9.43. The summed E-state index contributed by atoms with van der Waals surface area (Å²) in [6, 6.07) is 12.5. The number of alkyl carbamates (subject to hydrolysis) is 1. The molecular weight excluding hydrogens is 374 g/mol.